The lowest BCUT2D eigenvalue weighted by Gasteiger charge is -2.56. The number of aromatic nitrogens is 2. The summed E-state index contributed by atoms with van der Waals surface area (Å²) in [5.41, 5.74) is 0.0621. The van der Waals surface area contributed by atoms with Crippen molar-refractivity contribution in [2.45, 2.75) is 44.1 Å². The second-order valence-electron chi connectivity index (χ2n) is 7.95. The zero-order valence-corrected chi connectivity index (χ0v) is 14.0. The van der Waals surface area contributed by atoms with E-state index >= 15 is 0 Å². The van der Waals surface area contributed by atoms with Gasteiger partial charge in [-0.2, -0.15) is 0 Å². The van der Waals surface area contributed by atoms with Crippen LogP contribution in [0.4, 0.5) is 4.39 Å². The zero-order valence-electron chi connectivity index (χ0n) is 13.3. The van der Waals surface area contributed by atoms with Gasteiger partial charge in [0, 0.05) is 11.7 Å². The number of hydrogen-bond donors (Lipinski definition) is 1. The summed E-state index contributed by atoms with van der Waals surface area (Å²) in [5.74, 6) is 1.69. The number of carbonyl (C=O) groups excluding carboxylic acids is 1. The first kappa shape index (κ1) is 14.7. The highest BCUT2D eigenvalue weighted by molar-refractivity contribution is 6.33. The van der Waals surface area contributed by atoms with Crippen LogP contribution in [0.1, 0.15) is 49.1 Å². The van der Waals surface area contributed by atoms with Crippen LogP contribution < -0.4 is 5.32 Å². The average Bonchev–Trinajstić information content (AvgIpc) is 2.84. The summed E-state index contributed by atoms with van der Waals surface area (Å²) in [6.45, 7) is 0. The number of halogens is 2. The molecule has 2 heterocycles. The number of amides is 1. The van der Waals surface area contributed by atoms with Crippen LogP contribution in [0.2, 0.25) is 5.15 Å². The Balaban J connectivity index is 1.49. The molecule has 0 unspecified atom stereocenters. The molecule has 4 nitrogen and oxygen atoms in total. The number of nitrogens with zero attached hydrogens (tertiary/aromatic N) is 2. The molecule has 2 aromatic heterocycles. The van der Waals surface area contributed by atoms with Gasteiger partial charge in [0.15, 0.2) is 5.15 Å². The molecule has 4 aliphatic carbocycles. The number of fused-ring (bicyclic) bond motifs is 1. The van der Waals surface area contributed by atoms with Crippen molar-refractivity contribution in [3.63, 3.8) is 0 Å². The fourth-order valence-electron chi connectivity index (χ4n) is 5.78. The Morgan fingerprint density at radius 3 is 2.50 bits per heavy atom. The SMILES string of the molecule is O=C(NC12CC3CC(CC(C3)C1)C2)c1nc(Cl)c2c(F)cccn12. The first-order valence-electron chi connectivity index (χ1n) is 8.67. The zero-order chi connectivity index (χ0) is 16.5. The van der Waals surface area contributed by atoms with E-state index in [0.717, 1.165) is 37.0 Å². The molecule has 0 atom stereocenters. The number of nitrogens with one attached hydrogen (secondary N) is 1. The van der Waals surface area contributed by atoms with Gasteiger partial charge in [-0.15, -0.1) is 0 Å². The Bertz CT molecular complexity index is 811. The van der Waals surface area contributed by atoms with Gasteiger partial charge < -0.3 is 5.32 Å². The van der Waals surface area contributed by atoms with Crippen molar-refractivity contribution in [1.29, 1.82) is 0 Å². The van der Waals surface area contributed by atoms with E-state index in [0.29, 0.717) is 0 Å². The third kappa shape index (κ3) is 2.10. The maximum absolute atomic E-state index is 14.0. The van der Waals surface area contributed by atoms with Crippen LogP contribution in [-0.4, -0.2) is 20.8 Å². The quantitative estimate of drug-likeness (QED) is 0.897. The number of rotatable bonds is 2. The highest BCUT2D eigenvalue weighted by atomic mass is 35.5. The van der Waals surface area contributed by atoms with Crippen molar-refractivity contribution >= 4 is 23.0 Å². The van der Waals surface area contributed by atoms with E-state index in [2.05, 4.69) is 10.3 Å². The molecule has 0 aromatic carbocycles. The summed E-state index contributed by atoms with van der Waals surface area (Å²) in [5, 5.41) is 3.29. The van der Waals surface area contributed by atoms with Gasteiger partial charge in [0.2, 0.25) is 5.82 Å². The van der Waals surface area contributed by atoms with Crippen molar-refractivity contribution in [1.82, 2.24) is 14.7 Å². The fraction of sp³-hybridized carbons (Fsp3) is 0.556. The van der Waals surface area contributed by atoms with Crippen molar-refractivity contribution in [2.75, 3.05) is 0 Å². The van der Waals surface area contributed by atoms with Crippen LogP contribution in [0.5, 0.6) is 0 Å². The van der Waals surface area contributed by atoms with E-state index in [1.165, 1.54) is 29.7 Å². The second-order valence-corrected chi connectivity index (χ2v) is 8.31. The van der Waals surface area contributed by atoms with Crippen LogP contribution in [0.25, 0.3) is 5.52 Å². The highest BCUT2D eigenvalue weighted by Crippen LogP contribution is 2.55. The monoisotopic (exact) mass is 347 g/mol. The molecule has 4 aliphatic rings. The van der Waals surface area contributed by atoms with Gasteiger partial charge in [-0.25, -0.2) is 9.37 Å². The Morgan fingerprint density at radius 2 is 1.88 bits per heavy atom. The minimum absolute atomic E-state index is 0.0313. The van der Waals surface area contributed by atoms with Crippen LogP contribution in [0.3, 0.4) is 0 Å². The highest BCUT2D eigenvalue weighted by Gasteiger charge is 2.51. The predicted molar refractivity (Wildman–Crippen MR) is 88.5 cm³/mol. The van der Waals surface area contributed by atoms with Gasteiger partial charge >= 0.3 is 0 Å². The molecule has 2 aromatic rings. The topological polar surface area (TPSA) is 46.4 Å². The van der Waals surface area contributed by atoms with Gasteiger partial charge in [0.1, 0.15) is 11.3 Å². The second kappa shape index (κ2) is 4.94. The minimum Gasteiger partial charge on any atom is -0.344 e. The van der Waals surface area contributed by atoms with E-state index in [9.17, 15) is 9.18 Å². The summed E-state index contributed by atoms with van der Waals surface area (Å²) in [6.07, 6.45) is 8.78. The normalized spacial score (nSPS) is 34.0. The number of hydrogen-bond acceptors (Lipinski definition) is 2. The smallest absolute Gasteiger partial charge is 0.288 e. The summed E-state index contributed by atoms with van der Waals surface area (Å²) < 4.78 is 15.4. The van der Waals surface area contributed by atoms with E-state index in [4.69, 9.17) is 11.6 Å². The molecule has 6 heteroatoms. The molecule has 126 valence electrons. The molecule has 4 bridgehead atoms. The molecule has 24 heavy (non-hydrogen) atoms. The van der Waals surface area contributed by atoms with Gasteiger partial charge in [0.05, 0.1) is 0 Å². The van der Waals surface area contributed by atoms with Crippen molar-refractivity contribution in [3.8, 4) is 0 Å². The Hall–Kier alpha value is -1.62. The van der Waals surface area contributed by atoms with E-state index in [1.807, 2.05) is 0 Å². The third-order valence-corrected chi connectivity index (χ3v) is 6.46. The molecule has 0 saturated heterocycles. The molecule has 0 aliphatic heterocycles. The maximum atomic E-state index is 14.0. The molecule has 6 rings (SSSR count). The number of pyridine rings is 1. The van der Waals surface area contributed by atoms with Gasteiger partial charge in [-0.3, -0.25) is 9.20 Å². The molecular weight excluding hydrogens is 329 g/mol. The largest absolute Gasteiger partial charge is 0.344 e. The molecule has 1 N–H and O–H groups in total. The van der Waals surface area contributed by atoms with E-state index in [1.54, 1.807) is 12.3 Å². The van der Waals surface area contributed by atoms with Crippen LogP contribution >= 0.6 is 11.6 Å². The lowest BCUT2D eigenvalue weighted by Crippen LogP contribution is -2.60. The van der Waals surface area contributed by atoms with Gasteiger partial charge in [-0.1, -0.05) is 11.6 Å². The molecule has 0 radical (unpaired) electrons. The molecule has 4 saturated carbocycles. The van der Waals surface area contributed by atoms with Crippen molar-refractivity contribution in [2.24, 2.45) is 17.8 Å². The first-order valence-corrected chi connectivity index (χ1v) is 9.05. The average molecular weight is 348 g/mol. The summed E-state index contributed by atoms with van der Waals surface area (Å²) >= 11 is 6.05. The van der Waals surface area contributed by atoms with Crippen LogP contribution in [0, 0.1) is 23.6 Å². The molecular formula is C18H19ClFN3O. The Kier molecular flexibility index (Phi) is 3.03. The molecule has 0 spiro atoms. The summed E-state index contributed by atoms with van der Waals surface area (Å²) in [6, 6.07) is 2.88. The lowest BCUT2D eigenvalue weighted by molar-refractivity contribution is -0.0168. The van der Waals surface area contributed by atoms with Crippen LogP contribution in [0.15, 0.2) is 18.3 Å². The minimum atomic E-state index is -0.469. The number of imidazole rings is 1. The summed E-state index contributed by atoms with van der Waals surface area (Å²) in [7, 11) is 0. The summed E-state index contributed by atoms with van der Waals surface area (Å²) in [4.78, 5) is 17.0. The van der Waals surface area contributed by atoms with Crippen molar-refractivity contribution < 1.29 is 9.18 Å². The van der Waals surface area contributed by atoms with Gasteiger partial charge in [-0.05, 0) is 68.4 Å². The Morgan fingerprint density at radius 1 is 1.25 bits per heavy atom. The predicted octanol–water partition coefficient (Wildman–Crippen LogP) is 3.83. The standard InChI is InChI=1S/C18H19ClFN3O/c19-15-14-13(20)2-1-3-23(14)16(21-15)17(24)22-18-7-10-4-11(8-18)6-12(5-10)9-18/h1-3,10-12H,4-9H2,(H,22,24). The van der Waals surface area contributed by atoms with E-state index in [-0.39, 0.29) is 27.9 Å². The lowest BCUT2D eigenvalue weighted by atomic mass is 9.53. The van der Waals surface area contributed by atoms with Crippen molar-refractivity contribution in [3.05, 3.63) is 35.1 Å². The Labute approximate surface area is 144 Å². The van der Waals surface area contributed by atoms with E-state index < -0.39 is 5.82 Å². The first-order chi connectivity index (χ1) is 11.5. The number of carbonyl (C=O) groups is 1. The molecule has 4 fully saturated rings. The fourth-order valence-corrected chi connectivity index (χ4v) is 6.04. The molecule has 1 amide bonds. The van der Waals surface area contributed by atoms with Crippen LogP contribution in [-0.2, 0) is 0 Å². The third-order valence-electron chi connectivity index (χ3n) is 6.19. The maximum Gasteiger partial charge on any atom is 0.288 e. The van der Waals surface area contributed by atoms with Gasteiger partial charge in [0.25, 0.3) is 5.91 Å².